The van der Waals surface area contributed by atoms with Crippen molar-refractivity contribution in [2.75, 3.05) is 49.7 Å². The van der Waals surface area contributed by atoms with Crippen LogP contribution in [0.25, 0.3) is 5.57 Å². The predicted molar refractivity (Wildman–Crippen MR) is 207 cm³/mol. The summed E-state index contributed by atoms with van der Waals surface area (Å²) in [5.74, 6) is -0.601. The molecule has 286 valence electrons. The SMILES string of the molecule is C=C(C)c1ccccc1C1CCCN1C1CC2(CCN(c3ccc(C(N)=O)c(S(=O)(=O)c4cc5c(c([N+](=O)[O-])c4)NC(C4CCOCC4)CO5)c3)CC2)C1. The minimum Gasteiger partial charge on any atom is -0.489 e. The van der Waals surface area contributed by atoms with E-state index in [0.717, 1.165) is 76.2 Å². The molecule has 2 unspecified atom stereocenters. The van der Waals surface area contributed by atoms with Gasteiger partial charge in [-0.25, -0.2) is 8.42 Å². The number of carbonyl (C=O) groups excluding carboxylic acids is 1. The topological polar surface area (TPSA) is 157 Å². The molecule has 4 heterocycles. The summed E-state index contributed by atoms with van der Waals surface area (Å²) in [5, 5.41) is 15.6. The van der Waals surface area contributed by atoms with Crippen molar-refractivity contribution in [3.63, 3.8) is 0 Å². The fourth-order valence-electron chi connectivity index (χ4n) is 9.73. The van der Waals surface area contributed by atoms with Gasteiger partial charge in [-0.2, -0.15) is 0 Å². The van der Waals surface area contributed by atoms with Gasteiger partial charge in [0.15, 0.2) is 11.4 Å². The van der Waals surface area contributed by atoms with E-state index in [4.69, 9.17) is 15.2 Å². The van der Waals surface area contributed by atoms with E-state index in [1.807, 2.05) is 0 Å². The molecular formula is C41H49N5O7S. The van der Waals surface area contributed by atoms with Crippen molar-refractivity contribution < 1.29 is 27.6 Å². The van der Waals surface area contributed by atoms with Crippen LogP contribution in [0, 0.1) is 21.4 Å². The summed E-state index contributed by atoms with van der Waals surface area (Å²) in [7, 11) is -4.44. The van der Waals surface area contributed by atoms with Gasteiger partial charge in [0.1, 0.15) is 6.61 Å². The highest BCUT2D eigenvalue weighted by molar-refractivity contribution is 7.91. The van der Waals surface area contributed by atoms with Crippen molar-refractivity contribution in [2.24, 2.45) is 17.1 Å². The third-order valence-corrected chi connectivity index (χ3v) is 14.5. The number of nitrogens with one attached hydrogen (secondary N) is 1. The van der Waals surface area contributed by atoms with Gasteiger partial charge in [0.25, 0.3) is 5.69 Å². The average molecular weight is 756 g/mol. The average Bonchev–Trinajstić information content (AvgIpc) is 3.66. The van der Waals surface area contributed by atoms with Gasteiger partial charge >= 0.3 is 0 Å². The molecule has 0 bridgehead atoms. The first-order valence-corrected chi connectivity index (χ1v) is 20.7. The smallest absolute Gasteiger partial charge is 0.297 e. The highest BCUT2D eigenvalue weighted by atomic mass is 32.2. The molecule has 3 aromatic rings. The summed E-state index contributed by atoms with van der Waals surface area (Å²) < 4.78 is 40.1. The fourth-order valence-corrected chi connectivity index (χ4v) is 11.2. The van der Waals surface area contributed by atoms with Gasteiger partial charge in [-0.05, 0) is 105 Å². The van der Waals surface area contributed by atoms with Crippen molar-refractivity contribution in [1.29, 1.82) is 0 Å². The van der Waals surface area contributed by atoms with Crippen molar-refractivity contribution in [3.05, 3.63) is 88.0 Å². The monoisotopic (exact) mass is 755 g/mol. The zero-order chi connectivity index (χ0) is 37.8. The van der Waals surface area contributed by atoms with Crippen LogP contribution in [0.3, 0.4) is 0 Å². The summed E-state index contributed by atoms with van der Waals surface area (Å²) in [6.45, 7) is 10.4. The number of nitro groups is 1. The van der Waals surface area contributed by atoms with Gasteiger partial charge in [0.2, 0.25) is 15.7 Å². The Hall–Kier alpha value is -4.46. The third-order valence-electron chi connectivity index (χ3n) is 12.7. The summed E-state index contributed by atoms with van der Waals surface area (Å²) in [4.78, 5) is 28.6. The summed E-state index contributed by atoms with van der Waals surface area (Å²) in [5.41, 5.74) is 9.97. The number of rotatable bonds is 9. The third kappa shape index (κ3) is 6.64. The Kier molecular flexibility index (Phi) is 9.68. The molecule has 1 spiro atoms. The Labute approximate surface area is 316 Å². The Morgan fingerprint density at radius 3 is 2.46 bits per heavy atom. The first-order valence-electron chi connectivity index (χ1n) is 19.2. The Morgan fingerprint density at radius 1 is 1.02 bits per heavy atom. The number of nitrogens with zero attached hydrogens (tertiary/aromatic N) is 3. The quantitative estimate of drug-likeness (QED) is 0.177. The van der Waals surface area contributed by atoms with E-state index in [2.05, 4.69) is 52.9 Å². The summed E-state index contributed by atoms with van der Waals surface area (Å²) >= 11 is 0. The van der Waals surface area contributed by atoms with Gasteiger partial charge in [0, 0.05) is 56.2 Å². The molecule has 8 rings (SSSR count). The predicted octanol–water partition coefficient (Wildman–Crippen LogP) is 6.75. The van der Waals surface area contributed by atoms with Crippen LogP contribution in [0.4, 0.5) is 17.1 Å². The van der Waals surface area contributed by atoms with Crippen LogP contribution < -0.4 is 20.7 Å². The normalized spacial score (nSPS) is 23.2. The van der Waals surface area contributed by atoms with E-state index < -0.39 is 26.4 Å². The van der Waals surface area contributed by atoms with Crippen LogP contribution in [0.5, 0.6) is 5.75 Å². The molecule has 0 aromatic heterocycles. The van der Waals surface area contributed by atoms with Crippen LogP contribution in [0.2, 0.25) is 0 Å². The van der Waals surface area contributed by atoms with E-state index in [9.17, 15) is 23.3 Å². The number of hydrogen-bond acceptors (Lipinski definition) is 10. The highest BCUT2D eigenvalue weighted by Gasteiger charge is 2.50. The molecule has 54 heavy (non-hydrogen) atoms. The Balaban J connectivity index is 0.992. The molecule has 1 saturated carbocycles. The minimum atomic E-state index is -4.44. The van der Waals surface area contributed by atoms with Gasteiger partial charge in [-0.15, -0.1) is 0 Å². The van der Waals surface area contributed by atoms with Crippen LogP contribution in [-0.2, 0) is 14.6 Å². The van der Waals surface area contributed by atoms with E-state index >= 15 is 0 Å². The van der Waals surface area contributed by atoms with E-state index in [1.54, 1.807) is 6.07 Å². The van der Waals surface area contributed by atoms with Crippen LogP contribution in [0.15, 0.2) is 71.0 Å². The molecule has 13 heteroatoms. The fraction of sp³-hybridized carbons (Fsp3) is 0.488. The lowest BCUT2D eigenvalue weighted by atomic mass is 9.59. The highest BCUT2D eigenvalue weighted by Crippen LogP contribution is 2.54. The van der Waals surface area contributed by atoms with Crippen molar-refractivity contribution in [2.45, 2.75) is 86.2 Å². The molecule has 1 amide bonds. The minimum absolute atomic E-state index is 0.0864. The van der Waals surface area contributed by atoms with Crippen molar-refractivity contribution in [1.82, 2.24) is 4.90 Å². The standard InChI is InChI=1S/C41H49N5O7S/c1-26(2)31-6-3-4-7-32(31)35-8-5-15-45(35)29-23-41(24-29)13-16-44(17-14-41)28-9-10-33(40(42)47)38(20-28)54(50,51)30-21-36(46(48)49)39-37(22-30)53-25-34(43-39)27-11-18-52-19-12-27/h3-4,6-7,9-10,20-22,27,29,34-35,43H,1,5,8,11-19,23-25H2,2H3,(H2,42,47). The van der Waals surface area contributed by atoms with Gasteiger partial charge < -0.3 is 25.4 Å². The largest absolute Gasteiger partial charge is 0.489 e. The molecule has 5 aliphatic rings. The number of benzene rings is 3. The summed E-state index contributed by atoms with van der Waals surface area (Å²) in [6.07, 6.45) is 8.22. The molecular weight excluding hydrogens is 707 g/mol. The maximum absolute atomic E-state index is 14.3. The number of piperidine rings is 1. The number of primary amides is 1. The number of allylic oxidation sites excluding steroid dienone is 1. The van der Waals surface area contributed by atoms with Crippen LogP contribution in [-0.4, -0.2) is 75.7 Å². The molecule has 4 fully saturated rings. The van der Waals surface area contributed by atoms with E-state index in [1.165, 1.54) is 35.7 Å². The number of likely N-dealkylation sites (tertiary alicyclic amines) is 1. The number of hydrogen-bond donors (Lipinski definition) is 2. The number of amides is 1. The number of sulfone groups is 1. The van der Waals surface area contributed by atoms with Gasteiger partial charge in [-0.3, -0.25) is 19.8 Å². The summed E-state index contributed by atoms with van der Waals surface area (Å²) in [6, 6.07) is 16.5. The second-order valence-corrected chi connectivity index (χ2v) is 17.9. The maximum atomic E-state index is 14.3. The molecule has 3 aromatic carbocycles. The number of carbonyl (C=O) groups is 1. The van der Waals surface area contributed by atoms with Crippen molar-refractivity contribution in [3.8, 4) is 5.75 Å². The van der Waals surface area contributed by atoms with Gasteiger partial charge in [0.05, 0.1) is 26.3 Å². The second-order valence-electron chi connectivity index (χ2n) is 15.9. The number of nitrogens with two attached hydrogens (primary N) is 1. The molecule has 4 aliphatic heterocycles. The lowest BCUT2D eigenvalue weighted by molar-refractivity contribution is -0.384. The Bertz CT molecular complexity index is 2080. The first kappa shape index (κ1) is 36.5. The van der Waals surface area contributed by atoms with Crippen molar-refractivity contribution >= 4 is 38.4 Å². The molecule has 1 aliphatic carbocycles. The maximum Gasteiger partial charge on any atom is 0.297 e. The Morgan fingerprint density at radius 2 is 1.76 bits per heavy atom. The number of anilines is 2. The van der Waals surface area contributed by atoms with Gasteiger partial charge in [-0.1, -0.05) is 36.4 Å². The van der Waals surface area contributed by atoms with E-state index in [-0.39, 0.29) is 50.8 Å². The molecule has 3 N–H and O–H groups in total. The number of fused-ring (bicyclic) bond motifs is 1. The zero-order valence-corrected chi connectivity index (χ0v) is 31.6. The van der Waals surface area contributed by atoms with Crippen LogP contribution in [0.1, 0.15) is 85.8 Å². The zero-order valence-electron chi connectivity index (χ0n) is 30.8. The van der Waals surface area contributed by atoms with E-state index in [0.29, 0.717) is 31.0 Å². The molecule has 3 saturated heterocycles. The lowest BCUT2D eigenvalue weighted by Crippen LogP contribution is -2.54. The first-order chi connectivity index (χ1) is 25.9. The molecule has 2 atom stereocenters. The molecule has 0 radical (unpaired) electrons. The number of ether oxygens (including phenoxy) is 2. The number of nitro benzene ring substituents is 1. The second kappa shape index (κ2) is 14.3. The van der Waals surface area contributed by atoms with Crippen LogP contribution >= 0.6 is 0 Å². The molecule has 12 nitrogen and oxygen atoms in total. The lowest BCUT2D eigenvalue weighted by Gasteiger charge is -2.56.